The van der Waals surface area contributed by atoms with Crippen LogP contribution in [0.2, 0.25) is 0 Å². The number of urea groups is 1. The first kappa shape index (κ1) is 13.4. The highest BCUT2D eigenvalue weighted by molar-refractivity contribution is 6.03. The molecule has 1 aromatic carbocycles. The molecule has 0 bridgehead atoms. The molecule has 0 fully saturated rings. The first-order valence-corrected chi connectivity index (χ1v) is 6.93. The summed E-state index contributed by atoms with van der Waals surface area (Å²) in [6, 6.07) is 9.37. The van der Waals surface area contributed by atoms with Gasteiger partial charge in [0.15, 0.2) is 0 Å². The predicted octanol–water partition coefficient (Wildman–Crippen LogP) is 1.89. The number of hydrogen-bond donors (Lipinski definition) is 2. The number of rotatable bonds is 2. The Morgan fingerprint density at radius 3 is 2.81 bits per heavy atom. The van der Waals surface area contributed by atoms with E-state index in [-0.39, 0.29) is 0 Å². The van der Waals surface area contributed by atoms with Crippen molar-refractivity contribution in [3.05, 3.63) is 47.3 Å². The van der Waals surface area contributed by atoms with Crippen LogP contribution in [-0.4, -0.2) is 21.5 Å². The molecule has 0 radical (unpaired) electrons. The minimum Gasteiger partial charge on any atom is -0.350 e. The van der Waals surface area contributed by atoms with Crippen LogP contribution < -0.4 is 11.2 Å². The Morgan fingerprint density at radius 1 is 1.33 bits per heavy atom. The highest BCUT2D eigenvalue weighted by Gasteiger charge is 2.24. The summed E-state index contributed by atoms with van der Waals surface area (Å²) in [5.41, 5.74) is 12.4. The molecule has 1 heterocycles. The number of carbonyl (C=O) groups is 1. The summed E-state index contributed by atoms with van der Waals surface area (Å²) < 4.78 is 1.96. The van der Waals surface area contributed by atoms with Gasteiger partial charge in [0.05, 0.1) is 22.8 Å². The summed E-state index contributed by atoms with van der Waals surface area (Å²) in [6.45, 7) is 1.96. The van der Waals surface area contributed by atoms with Gasteiger partial charge in [-0.2, -0.15) is 10.2 Å². The van der Waals surface area contributed by atoms with Crippen molar-refractivity contribution in [3.63, 3.8) is 0 Å². The zero-order chi connectivity index (χ0) is 14.8. The molecule has 21 heavy (non-hydrogen) atoms. The Hall–Kier alpha value is -2.63. The fourth-order valence-electron chi connectivity index (χ4n) is 2.75. The van der Waals surface area contributed by atoms with Crippen LogP contribution in [0, 0.1) is 6.92 Å². The Labute approximate surface area is 122 Å². The summed E-state index contributed by atoms with van der Waals surface area (Å²) in [5.74, 6) is 0. The average molecular weight is 283 g/mol. The highest BCUT2D eigenvalue weighted by Crippen LogP contribution is 2.26. The molecular weight excluding hydrogens is 266 g/mol. The van der Waals surface area contributed by atoms with Gasteiger partial charge in [0, 0.05) is 5.56 Å². The molecule has 108 valence electrons. The van der Waals surface area contributed by atoms with Gasteiger partial charge in [-0.05, 0) is 38.3 Å². The number of nitrogens with zero attached hydrogens (tertiary/aromatic N) is 3. The molecule has 0 atom stereocenters. The van der Waals surface area contributed by atoms with Gasteiger partial charge in [-0.1, -0.05) is 18.2 Å². The Bertz CT molecular complexity index is 702. The van der Waals surface area contributed by atoms with Crippen LogP contribution in [0.4, 0.5) is 4.79 Å². The number of benzene rings is 1. The summed E-state index contributed by atoms with van der Waals surface area (Å²) in [6.07, 6.45) is 2.74. The van der Waals surface area contributed by atoms with Crippen molar-refractivity contribution in [2.75, 3.05) is 0 Å². The Balaban J connectivity index is 2.07. The molecule has 3 N–H and O–H groups in total. The van der Waals surface area contributed by atoms with Crippen LogP contribution in [0.5, 0.6) is 0 Å². The summed E-state index contributed by atoms with van der Waals surface area (Å²) >= 11 is 0. The first-order chi connectivity index (χ1) is 10.2. The normalized spacial score (nSPS) is 15.8. The number of amides is 2. The molecule has 0 spiro atoms. The van der Waals surface area contributed by atoms with Crippen LogP contribution in [0.15, 0.2) is 35.4 Å². The van der Waals surface area contributed by atoms with Crippen molar-refractivity contribution in [2.45, 2.75) is 26.2 Å². The van der Waals surface area contributed by atoms with E-state index in [9.17, 15) is 4.79 Å². The Morgan fingerprint density at radius 2 is 2.10 bits per heavy atom. The molecule has 2 amide bonds. The van der Waals surface area contributed by atoms with E-state index in [0.29, 0.717) is 0 Å². The molecule has 1 aliphatic rings. The highest BCUT2D eigenvalue weighted by atomic mass is 16.2. The largest absolute Gasteiger partial charge is 0.350 e. The molecule has 1 aliphatic carbocycles. The van der Waals surface area contributed by atoms with E-state index in [1.807, 2.05) is 41.9 Å². The van der Waals surface area contributed by atoms with Gasteiger partial charge in [-0.3, -0.25) is 0 Å². The lowest BCUT2D eigenvalue weighted by molar-refractivity contribution is 0.249. The summed E-state index contributed by atoms with van der Waals surface area (Å²) in [5, 5.41) is 8.76. The smallest absolute Gasteiger partial charge is 0.332 e. The molecule has 0 saturated heterocycles. The third kappa shape index (κ3) is 2.52. The molecular formula is C15H17N5O. The quantitative estimate of drug-likeness (QED) is 0.825. The van der Waals surface area contributed by atoms with Gasteiger partial charge in [0.1, 0.15) is 0 Å². The second-order valence-electron chi connectivity index (χ2n) is 5.04. The number of nitrogens with two attached hydrogens (primary N) is 1. The number of primary amides is 1. The van der Waals surface area contributed by atoms with E-state index in [4.69, 9.17) is 5.73 Å². The minimum atomic E-state index is -0.650. The van der Waals surface area contributed by atoms with E-state index in [2.05, 4.69) is 15.6 Å². The van der Waals surface area contributed by atoms with Crippen LogP contribution >= 0.6 is 0 Å². The van der Waals surface area contributed by atoms with Gasteiger partial charge in [0.25, 0.3) is 0 Å². The molecule has 1 aromatic heterocycles. The standard InChI is InChI=1S/C15H17N5O/c1-10-14-12(17-18-15(16)21)8-5-9-13(14)20(19-10)11-6-3-2-4-7-11/h2-4,6-7H,5,8-9H2,1H3,(H3,16,18,21)/b17-12+. The second-order valence-corrected chi connectivity index (χ2v) is 5.04. The van der Waals surface area contributed by atoms with E-state index >= 15 is 0 Å². The van der Waals surface area contributed by atoms with Crippen molar-refractivity contribution in [3.8, 4) is 5.69 Å². The van der Waals surface area contributed by atoms with Crippen LogP contribution in [0.3, 0.4) is 0 Å². The van der Waals surface area contributed by atoms with E-state index in [1.165, 1.54) is 0 Å². The zero-order valence-electron chi connectivity index (χ0n) is 11.8. The Kier molecular flexibility index (Phi) is 3.43. The van der Waals surface area contributed by atoms with Crippen LogP contribution in [0.1, 0.15) is 29.8 Å². The number of aryl methyl sites for hydroxylation is 1. The third-order valence-corrected chi connectivity index (χ3v) is 3.57. The molecule has 6 heteroatoms. The second kappa shape index (κ2) is 5.40. The molecule has 6 nitrogen and oxygen atoms in total. The van der Waals surface area contributed by atoms with Gasteiger partial charge in [-0.15, -0.1) is 0 Å². The lowest BCUT2D eigenvalue weighted by atomic mass is 9.94. The lowest BCUT2D eigenvalue weighted by Crippen LogP contribution is -2.27. The number of nitrogens with one attached hydrogen (secondary N) is 1. The molecule has 2 aromatic rings. The molecule has 0 saturated carbocycles. The van der Waals surface area contributed by atoms with Crippen molar-refractivity contribution >= 4 is 11.7 Å². The third-order valence-electron chi connectivity index (χ3n) is 3.57. The van der Waals surface area contributed by atoms with Crippen molar-refractivity contribution < 1.29 is 4.79 Å². The van der Waals surface area contributed by atoms with Crippen molar-refractivity contribution in [1.82, 2.24) is 15.2 Å². The zero-order valence-corrected chi connectivity index (χ0v) is 11.8. The van der Waals surface area contributed by atoms with Crippen molar-refractivity contribution in [2.24, 2.45) is 10.8 Å². The summed E-state index contributed by atoms with van der Waals surface area (Å²) in [4.78, 5) is 10.8. The maximum atomic E-state index is 10.8. The maximum Gasteiger partial charge on any atom is 0.332 e. The van der Waals surface area contributed by atoms with Gasteiger partial charge < -0.3 is 5.73 Å². The fourth-order valence-corrected chi connectivity index (χ4v) is 2.75. The van der Waals surface area contributed by atoms with Gasteiger partial charge >= 0.3 is 6.03 Å². The predicted molar refractivity (Wildman–Crippen MR) is 80.5 cm³/mol. The van der Waals surface area contributed by atoms with Crippen LogP contribution in [0.25, 0.3) is 5.69 Å². The lowest BCUT2D eigenvalue weighted by Gasteiger charge is -2.16. The minimum absolute atomic E-state index is 0.650. The monoisotopic (exact) mass is 283 g/mol. The average Bonchev–Trinajstić information content (AvgIpc) is 2.84. The number of fused-ring (bicyclic) bond motifs is 1. The molecule has 0 aliphatic heterocycles. The first-order valence-electron chi connectivity index (χ1n) is 6.93. The summed E-state index contributed by atoms with van der Waals surface area (Å²) in [7, 11) is 0. The number of aromatic nitrogens is 2. The fraction of sp³-hybridized carbons (Fsp3) is 0.267. The number of carbonyl (C=O) groups excluding carboxylic acids is 1. The van der Waals surface area contributed by atoms with E-state index in [1.54, 1.807) is 0 Å². The number of para-hydroxylation sites is 1. The molecule has 3 rings (SSSR count). The van der Waals surface area contributed by atoms with Crippen molar-refractivity contribution in [1.29, 1.82) is 0 Å². The van der Waals surface area contributed by atoms with Crippen LogP contribution in [-0.2, 0) is 6.42 Å². The maximum absolute atomic E-state index is 10.8. The van der Waals surface area contributed by atoms with Gasteiger partial charge in [0.2, 0.25) is 0 Å². The number of hydrazone groups is 1. The van der Waals surface area contributed by atoms with Gasteiger partial charge in [-0.25, -0.2) is 14.9 Å². The number of hydrogen-bond acceptors (Lipinski definition) is 3. The van der Waals surface area contributed by atoms with E-state index < -0.39 is 6.03 Å². The molecule has 0 unspecified atom stereocenters. The topological polar surface area (TPSA) is 85.3 Å². The van der Waals surface area contributed by atoms with E-state index in [0.717, 1.165) is 47.6 Å². The SMILES string of the molecule is Cc1nn(-c2ccccc2)c2c1/C(=N/NC(N)=O)CCC2.